The first-order valence-corrected chi connectivity index (χ1v) is 9.05. The molecular formula is C22H19Cl2NO. The number of ether oxygens (including phenoxy) is 1. The Balaban J connectivity index is 1.67. The average molecular weight is 384 g/mol. The maximum absolute atomic E-state index is 6.34. The minimum atomic E-state index is 0.481. The van der Waals surface area contributed by atoms with E-state index in [4.69, 9.17) is 27.9 Å². The minimum Gasteiger partial charge on any atom is -0.487 e. The van der Waals surface area contributed by atoms with E-state index in [2.05, 4.69) is 36.2 Å². The predicted octanol–water partition coefficient (Wildman–Crippen LogP) is 6.94. The molecule has 0 bridgehead atoms. The van der Waals surface area contributed by atoms with Crippen LogP contribution in [0.4, 0.5) is 5.69 Å². The Labute approximate surface area is 164 Å². The third kappa shape index (κ3) is 4.87. The molecule has 0 aliphatic carbocycles. The molecule has 0 saturated heterocycles. The molecule has 3 aromatic rings. The Morgan fingerprint density at radius 2 is 1.65 bits per heavy atom. The highest BCUT2D eigenvalue weighted by Crippen LogP contribution is 2.27. The number of rotatable bonds is 5. The standard InChI is InChI=1S/C22H19Cl2NO/c1-15-3-6-17(7-4-15)14-26-22-10-8-18(11-21(22)24)13-25-19-9-5-16(2)20(23)12-19/h3-13H,14H2,1-2H3. The fourth-order valence-electron chi connectivity index (χ4n) is 2.37. The molecule has 0 saturated carbocycles. The summed E-state index contributed by atoms with van der Waals surface area (Å²) in [5, 5.41) is 1.26. The number of benzene rings is 3. The molecule has 0 fully saturated rings. The van der Waals surface area contributed by atoms with Crippen molar-refractivity contribution in [2.75, 3.05) is 0 Å². The van der Waals surface area contributed by atoms with Gasteiger partial charge in [0.2, 0.25) is 0 Å². The zero-order valence-electron chi connectivity index (χ0n) is 14.7. The van der Waals surface area contributed by atoms with Crippen LogP contribution in [0.25, 0.3) is 0 Å². The second kappa shape index (κ2) is 8.39. The van der Waals surface area contributed by atoms with Crippen LogP contribution in [-0.2, 0) is 6.61 Å². The lowest BCUT2D eigenvalue weighted by Crippen LogP contribution is -1.96. The summed E-state index contributed by atoms with van der Waals surface area (Å²) in [6.07, 6.45) is 1.76. The van der Waals surface area contributed by atoms with Crippen LogP contribution >= 0.6 is 23.2 Å². The lowest BCUT2D eigenvalue weighted by molar-refractivity contribution is 0.306. The number of halogens is 2. The van der Waals surface area contributed by atoms with E-state index in [1.54, 1.807) is 6.21 Å². The number of aryl methyl sites for hydroxylation is 2. The van der Waals surface area contributed by atoms with Gasteiger partial charge in [-0.25, -0.2) is 0 Å². The largest absolute Gasteiger partial charge is 0.487 e. The van der Waals surface area contributed by atoms with Gasteiger partial charge >= 0.3 is 0 Å². The SMILES string of the molecule is Cc1ccc(COc2ccc(C=Nc3ccc(C)c(Cl)c3)cc2Cl)cc1. The van der Waals surface area contributed by atoms with Crippen molar-refractivity contribution in [3.63, 3.8) is 0 Å². The van der Waals surface area contributed by atoms with Crippen LogP contribution in [0.3, 0.4) is 0 Å². The second-order valence-corrected chi connectivity index (χ2v) is 6.97. The molecule has 132 valence electrons. The second-order valence-electron chi connectivity index (χ2n) is 6.16. The van der Waals surface area contributed by atoms with Gasteiger partial charge in [-0.1, -0.05) is 59.1 Å². The molecule has 0 atom stereocenters. The Bertz CT molecular complexity index is 933. The molecule has 0 unspecified atom stereocenters. The van der Waals surface area contributed by atoms with Crippen molar-refractivity contribution in [3.8, 4) is 5.75 Å². The molecule has 26 heavy (non-hydrogen) atoms. The quantitative estimate of drug-likeness (QED) is 0.437. The van der Waals surface area contributed by atoms with Crippen LogP contribution in [0.2, 0.25) is 10.0 Å². The number of hydrogen-bond acceptors (Lipinski definition) is 2. The minimum absolute atomic E-state index is 0.481. The van der Waals surface area contributed by atoms with Gasteiger partial charge in [-0.3, -0.25) is 4.99 Å². The summed E-state index contributed by atoms with van der Waals surface area (Å²) in [5.41, 5.74) is 5.06. The Morgan fingerprint density at radius 3 is 2.35 bits per heavy atom. The molecule has 0 aromatic heterocycles. The lowest BCUT2D eigenvalue weighted by Gasteiger charge is -2.09. The molecule has 0 radical (unpaired) electrons. The van der Waals surface area contributed by atoms with E-state index < -0.39 is 0 Å². The van der Waals surface area contributed by atoms with Gasteiger partial charge in [0.15, 0.2) is 0 Å². The summed E-state index contributed by atoms with van der Waals surface area (Å²) in [5.74, 6) is 0.655. The van der Waals surface area contributed by atoms with Crippen molar-refractivity contribution in [2.24, 2.45) is 4.99 Å². The van der Waals surface area contributed by atoms with Gasteiger partial charge in [0, 0.05) is 11.2 Å². The molecule has 0 aliphatic rings. The fourth-order valence-corrected chi connectivity index (χ4v) is 2.79. The molecule has 0 amide bonds. The Hall–Kier alpha value is -2.29. The topological polar surface area (TPSA) is 21.6 Å². The lowest BCUT2D eigenvalue weighted by atomic mass is 10.2. The van der Waals surface area contributed by atoms with Crippen LogP contribution < -0.4 is 4.74 Å². The molecule has 4 heteroatoms. The van der Waals surface area contributed by atoms with Crippen molar-refractivity contribution in [1.29, 1.82) is 0 Å². The maximum atomic E-state index is 6.34. The summed E-state index contributed by atoms with van der Waals surface area (Å²) < 4.78 is 5.82. The highest BCUT2D eigenvalue weighted by Gasteiger charge is 2.03. The first kappa shape index (κ1) is 18.5. The summed E-state index contributed by atoms with van der Waals surface area (Å²) in [4.78, 5) is 4.44. The average Bonchev–Trinajstić information content (AvgIpc) is 2.63. The maximum Gasteiger partial charge on any atom is 0.138 e. The molecule has 0 heterocycles. The van der Waals surface area contributed by atoms with Crippen molar-refractivity contribution >= 4 is 35.1 Å². The van der Waals surface area contributed by atoms with Crippen molar-refractivity contribution in [2.45, 2.75) is 20.5 Å². The van der Waals surface area contributed by atoms with Gasteiger partial charge in [0.05, 0.1) is 10.7 Å². The summed E-state index contributed by atoms with van der Waals surface area (Å²) in [7, 11) is 0. The fraction of sp³-hybridized carbons (Fsp3) is 0.136. The first-order chi connectivity index (χ1) is 12.5. The van der Waals surface area contributed by atoms with Crippen molar-refractivity contribution < 1.29 is 4.74 Å². The molecule has 2 nitrogen and oxygen atoms in total. The summed E-state index contributed by atoms with van der Waals surface area (Å²) in [6, 6.07) is 19.6. The monoisotopic (exact) mass is 383 g/mol. The summed E-state index contributed by atoms with van der Waals surface area (Å²) in [6.45, 7) is 4.51. The first-order valence-electron chi connectivity index (χ1n) is 8.29. The van der Waals surface area contributed by atoms with Gasteiger partial charge in [0.1, 0.15) is 12.4 Å². The van der Waals surface area contributed by atoms with E-state index in [0.717, 1.165) is 22.4 Å². The van der Waals surface area contributed by atoms with Crippen LogP contribution in [0.5, 0.6) is 5.75 Å². The van der Waals surface area contributed by atoms with Gasteiger partial charge in [-0.05, 0) is 60.9 Å². The van der Waals surface area contributed by atoms with E-state index in [-0.39, 0.29) is 0 Å². The molecular weight excluding hydrogens is 365 g/mol. The van der Waals surface area contributed by atoms with Gasteiger partial charge in [-0.15, -0.1) is 0 Å². The highest BCUT2D eigenvalue weighted by molar-refractivity contribution is 6.32. The van der Waals surface area contributed by atoms with E-state index >= 15 is 0 Å². The molecule has 3 aromatic carbocycles. The number of nitrogens with zero attached hydrogens (tertiary/aromatic N) is 1. The molecule has 0 spiro atoms. The zero-order valence-corrected chi connectivity index (χ0v) is 16.2. The smallest absolute Gasteiger partial charge is 0.138 e. The van der Waals surface area contributed by atoms with E-state index in [9.17, 15) is 0 Å². The normalized spacial score (nSPS) is 11.1. The van der Waals surface area contributed by atoms with Gasteiger partial charge in [0.25, 0.3) is 0 Å². The van der Waals surface area contributed by atoms with Crippen molar-refractivity contribution in [1.82, 2.24) is 0 Å². The number of hydrogen-bond donors (Lipinski definition) is 0. The summed E-state index contributed by atoms with van der Waals surface area (Å²) >= 11 is 12.5. The molecule has 0 N–H and O–H groups in total. The molecule has 3 rings (SSSR count). The van der Waals surface area contributed by atoms with Gasteiger partial charge < -0.3 is 4.74 Å². The Kier molecular flexibility index (Phi) is 5.97. The van der Waals surface area contributed by atoms with Crippen LogP contribution in [0, 0.1) is 13.8 Å². The van der Waals surface area contributed by atoms with E-state index in [0.29, 0.717) is 22.4 Å². The highest BCUT2D eigenvalue weighted by atomic mass is 35.5. The van der Waals surface area contributed by atoms with Crippen LogP contribution in [0.15, 0.2) is 65.7 Å². The van der Waals surface area contributed by atoms with Gasteiger partial charge in [-0.2, -0.15) is 0 Å². The van der Waals surface area contributed by atoms with Crippen LogP contribution in [0.1, 0.15) is 22.3 Å². The third-order valence-corrected chi connectivity index (χ3v) is 4.69. The molecule has 0 aliphatic heterocycles. The van der Waals surface area contributed by atoms with E-state index in [1.165, 1.54) is 5.56 Å². The zero-order chi connectivity index (χ0) is 18.5. The van der Waals surface area contributed by atoms with Crippen molar-refractivity contribution in [3.05, 3.63) is 93.0 Å². The third-order valence-electron chi connectivity index (χ3n) is 3.99. The predicted molar refractivity (Wildman–Crippen MR) is 110 cm³/mol. The van der Waals surface area contributed by atoms with Crippen LogP contribution in [-0.4, -0.2) is 6.21 Å². The van der Waals surface area contributed by atoms with E-state index in [1.807, 2.05) is 43.3 Å². The number of aliphatic imine (C=N–C) groups is 1. The Morgan fingerprint density at radius 1 is 0.885 bits per heavy atom.